The average Bonchev–Trinajstić information content (AvgIpc) is 2.94. The molecule has 0 radical (unpaired) electrons. The Hall–Kier alpha value is -3.63. The molecule has 0 heterocycles. The molecule has 0 fully saturated rings. The van der Waals surface area contributed by atoms with Crippen molar-refractivity contribution in [2.45, 2.75) is 57.2 Å². The van der Waals surface area contributed by atoms with E-state index >= 15 is 0 Å². The summed E-state index contributed by atoms with van der Waals surface area (Å²) in [5, 5.41) is 21.9. The summed E-state index contributed by atoms with van der Waals surface area (Å²) in [7, 11) is 1.25. The molecule has 0 bridgehead atoms. The summed E-state index contributed by atoms with van der Waals surface area (Å²) < 4.78 is 84.2. The van der Waals surface area contributed by atoms with Gasteiger partial charge in [-0.05, 0) is 83.7 Å². The topological polar surface area (TPSA) is 66.8 Å². The van der Waals surface area contributed by atoms with E-state index in [4.69, 9.17) is 0 Å². The molecule has 3 aromatic rings. The van der Waals surface area contributed by atoms with Crippen LogP contribution in [0.5, 0.6) is 0 Å². The van der Waals surface area contributed by atoms with Crippen LogP contribution in [0.3, 0.4) is 0 Å². The molecule has 42 heavy (non-hydrogen) atoms. The Labute approximate surface area is 240 Å². The fourth-order valence-electron chi connectivity index (χ4n) is 4.88. The van der Waals surface area contributed by atoms with Crippen molar-refractivity contribution in [1.29, 1.82) is 0 Å². The van der Waals surface area contributed by atoms with Crippen molar-refractivity contribution in [1.82, 2.24) is 0 Å². The molecular weight excluding hydrogens is 562 g/mol. The molecule has 0 aliphatic carbocycles. The van der Waals surface area contributed by atoms with Gasteiger partial charge in [-0.3, -0.25) is 0 Å². The summed E-state index contributed by atoms with van der Waals surface area (Å²) >= 11 is 0. The lowest BCUT2D eigenvalue weighted by atomic mass is 9.78. The van der Waals surface area contributed by atoms with Crippen molar-refractivity contribution in [3.8, 4) is 0 Å². The minimum Gasteiger partial charge on any atom is -0.466 e. The standard InChI is InChI=1S/C32H32F6O4/c1-19(15-30(41)42-3)21-10-12-22(13-11-21)27(18-29(40)24-7-5-9-26(17-24)32(36,37)38)20(2)14-28(39)23-6-4-8-25(16-23)31(33,34)35/h4-13,15-17,20,27-29,39-40H,14,18H2,1-3H3/b19-15+/t20?,27?,28-,29-/m0/s1. The molecule has 10 heteroatoms. The number of aliphatic hydroxyl groups is 2. The lowest BCUT2D eigenvalue weighted by Gasteiger charge is -2.29. The van der Waals surface area contributed by atoms with Crippen LogP contribution < -0.4 is 0 Å². The number of hydrogen-bond donors (Lipinski definition) is 2. The predicted octanol–water partition coefficient (Wildman–Crippen LogP) is 8.27. The van der Waals surface area contributed by atoms with Crippen LogP contribution >= 0.6 is 0 Å². The van der Waals surface area contributed by atoms with Crippen molar-refractivity contribution >= 4 is 11.5 Å². The van der Waals surface area contributed by atoms with Gasteiger partial charge in [0, 0.05) is 6.08 Å². The Morgan fingerprint density at radius 2 is 1.26 bits per heavy atom. The molecule has 2 N–H and O–H groups in total. The first-order valence-electron chi connectivity index (χ1n) is 13.2. The molecule has 3 aromatic carbocycles. The van der Waals surface area contributed by atoms with Gasteiger partial charge >= 0.3 is 18.3 Å². The van der Waals surface area contributed by atoms with Gasteiger partial charge in [-0.2, -0.15) is 26.3 Å². The van der Waals surface area contributed by atoms with Crippen LogP contribution in [0.15, 0.2) is 78.9 Å². The number of benzene rings is 3. The van der Waals surface area contributed by atoms with Gasteiger partial charge in [0.05, 0.1) is 30.4 Å². The molecule has 0 amide bonds. The first-order valence-corrected chi connectivity index (χ1v) is 13.2. The van der Waals surface area contributed by atoms with Crippen LogP contribution in [-0.4, -0.2) is 23.3 Å². The quantitative estimate of drug-likeness (QED) is 0.141. The maximum atomic E-state index is 13.3. The summed E-state index contributed by atoms with van der Waals surface area (Å²) in [5.74, 6) is -1.46. The van der Waals surface area contributed by atoms with E-state index < -0.39 is 53.5 Å². The van der Waals surface area contributed by atoms with Crippen molar-refractivity contribution in [2.24, 2.45) is 5.92 Å². The highest BCUT2D eigenvalue weighted by atomic mass is 19.4. The molecule has 0 aromatic heterocycles. The highest BCUT2D eigenvalue weighted by molar-refractivity contribution is 5.90. The van der Waals surface area contributed by atoms with Crippen LogP contribution in [-0.2, 0) is 21.9 Å². The van der Waals surface area contributed by atoms with Crippen LogP contribution in [0.4, 0.5) is 26.3 Å². The molecule has 3 rings (SSSR count). The lowest BCUT2D eigenvalue weighted by Crippen LogP contribution is -2.17. The summed E-state index contributed by atoms with van der Waals surface area (Å²) in [5.41, 5.74) is 0.371. The van der Waals surface area contributed by atoms with Crippen molar-refractivity contribution in [2.75, 3.05) is 7.11 Å². The molecule has 226 valence electrons. The maximum absolute atomic E-state index is 13.3. The molecular formula is C32H32F6O4. The Bertz CT molecular complexity index is 1380. The number of alkyl halides is 6. The molecule has 0 aliphatic rings. The molecule has 0 saturated heterocycles. The SMILES string of the molecule is COC(=O)/C=C(\C)c1ccc(C(C[C@H](O)c2cccc(C(F)(F)F)c2)C(C)C[C@H](O)c2cccc(C(F)(F)F)c2)cc1. The van der Waals surface area contributed by atoms with Crippen LogP contribution in [0.1, 0.15) is 78.2 Å². The number of halogens is 6. The third kappa shape index (κ3) is 8.69. The van der Waals surface area contributed by atoms with E-state index in [9.17, 15) is 41.4 Å². The van der Waals surface area contributed by atoms with E-state index in [0.29, 0.717) is 16.7 Å². The fraction of sp³-hybridized carbons (Fsp3) is 0.344. The number of carbonyl (C=O) groups excluding carboxylic acids is 1. The van der Waals surface area contributed by atoms with E-state index in [1.807, 2.05) is 0 Å². The zero-order chi connectivity index (χ0) is 31.2. The minimum absolute atomic E-state index is 0.0182. The molecule has 0 spiro atoms. The van der Waals surface area contributed by atoms with Crippen molar-refractivity contribution in [3.63, 3.8) is 0 Å². The number of aliphatic hydroxyl groups excluding tert-OH is 2. The van der Waals surface area contributed by atoms with E-state index in [1.54, 1.807) is 38.1 Å². The van der Waals surface area contributed by atoms with Gasteiger partial charge < -0.3 is 14.9 Å². The normalized spacial score (nSPS) is 15.5. The second-order valence-corrected chi connectivity index (χ2v) is 10.3. The number of carbonyl (C=O) groups is 1. The van der Waals surface area contributed by atoms with E-state index in [1.165, 1.54) is 37.5 Å². The largest absolute Gasteiger partial charge is 0.466 e. The maximum Gasteiger partial charge on any atom is 0.416 e. The number of ether oxygens (including phenoxy) is 1. The van der Waals surface area contributed by atoms with E-state index in [-0.39, 0.29) is 24.0 Å². The Kier molecular flexibility index (Phi) is 10.6. The number of allylic oxidation sites excluding steroid dienone is 1. The predicted molar refractivity (Wildman–Crippen MR) is 146 cm³/mol. The van der Waals surface area contributed by atoms with Crippen molar-refractivity contribution < 1.29 is 46.1 Å². The van der Waals surface area contributed by atoms with Crippen LogP contribution in [0, 0.1) is 5.92 Å². The highest BCUT2D eigenvalue weighted by Crippen LogP contribution is 2.40. The van der Waals surface area contributed by atoms with Crippen molar-refractivity contribution in [3.05, 3.63) is 112 Å². The number of methoxy groups -OCH3 is 1. The average molecular weight is 595 g/mol. The summed E-state index contributed by atoms with van der Waals surface area (Å²) in [6, 6.07) is 15.8. The Balaban J connectivity index is 1.93. The van der Waals surface area contributed by atoms with Gasteiger partial charge in [-0.25, -0.2) is 4.79 Å². The zero-order valence-electron chi connectivity index (χ0n) is 23.2. The van der Waals surface area contributed by atoms with E-state index in [2.05, 4.69) is 4.74 Å². The first-order chi connectivity index (χ1) is 19.6. The third-order valence-electron chi connectivity index (χ3n) is 7.29. The number of rotatable bonds is 10. The summed E-state index contributed by atoms with van der Waals surface area (Å²) in [6.07, 6.45) is -10.4. The lowest BCUT2D eigenvalue weighted by molar-refractivity contribution is -0.138. The van der Waals surface area contributed by atoms with Gasteiger partial charge in [-0.1, -0.05) is 55.5 Å². The Morgan fingerprint density at radius 1 is 0.786 bits per heavy atom. The third-order valence-corrected chi connectivity index (χ3v) is 7.29. The van der Waals surface area contributed by atoms with Gasteiger partial charge in [-0.15, -0.1) is 0 Å². The van der Waals surface area contributed by atoms with Crippen LogP contribution in [0.25, 0.3) is 5.57 Å². The Morgan fingerprint density at radius 3 is 1.71 bits per heavy atom. The molecule has 0 saturated carbocycles. The van der Waals surface area contributed by atoms with Gasteiger partial charge in [0.1, 0.15) is 0 Å². The molecule has 0 aliphatic heterocycles. The zero-order valence-corrected chi connectivity index (χ0v) is 23.2. The monoisotopic (exact) mass is 594 g/mol. The second kappa shape index (κ2) is 13.6. The van der Waals surface area contributed by atoms with Gasteiger partial charge in [0.25, 0.3) is 0 Å². The minimum atomic E-state index is -4.59. The molecule has 2 unspecified atom stereocenters. The van der Waals surface area contributed by atoms with Gasteiger partial charge in [0.15, 0.2) is 0 Å². The number of hydrogen-bond acceptors (Lipinski definition) is 4. The van der Waals surface area contributed by atoms with E-state index in [0.717, 1.165) is 24.3 Å². The molecule has 4 atom stereocenters. The molecule has 4 nitrogen and oxygen atoms in total. The van der Waals surface area contributed by atoms with Crippen LogP contribution in [0.2, 0.25) is 0 Å². The van der Waals surface area contributed by atoms with Gasteiger partial charge in [0.2, 0.25) is 0 Å². The number of esters is 1. The first kappa shape index (κ1) is 32.9. The summed E-state index contributed by atoms with van der Waals surface area (Å²) in [4.78, 5) is 11.6. The fourth-order valence-corrected chi connectivity index (χ4v) is 4.88. The summed E-state index contributed by atoms with van der Waals surface area (Å²) in [6.45, 7) is 3.48. The highest BCUT2D eigenvalue weighted by Gasteiger charge is 2.33. The smallest absolute Gasteiger partial charge is 0.416 e. The second-order valence-electron chi connectivity index (χ2n) is 10.3.